The topological polar surface area (TPSA) is 67.9 Å². The molecule has 1 N–H and O–H groups in total. The zero-order valence-electron chi connectivity index (χ0n) is 17.3. The number of ether oxygens (including phenoxy) is 2. The average Bonchev–Trinajstić information content (AvgIpc) is 3.44. The number of esters is 1. The molecule has 0 radical (unpaired) electrons. The van der Waals surface area contributed by atoms with Gasteiger partial charge in [-0.2, -0.15) is 0 Å². The molecule has 7 heteroatoms. The number of benzene rings is 1. The largest absolute Gasteiger partial charge is 0.462 e. The van der Waals surface area contributed by atoms with Crippen molar-refractivity contribution in [2.75, 3.05) is 43.1 Å². The van der Waals surface area contributed by atoms with Crippen LogP contribution in [-0.2, 0) is 9.47 Å². The number of carbonyl (C=O) groups is 2. The van der Waals surface area contributed by atoms with E-state index in [0.29, 0.717) is 28.7 Å². The van der Waals surface area contributed by atoms with Crippen molar-refractivity contribution in [3.63, 3.8) is 0 Å². The highest BCUT2D eigenvalue weighted by Gasteiger charge is 2.28. The van der Waals surface area contributed by atoms with E-state index >= 15 is 0 Å². The molecule has 6 nitrogen and oxygen atoms in total. The Morgan fingerprint density at radius 1 is 1.17 bits per heavy atom. The Hall–Kier alpha value is -2.38. The molecule has 160 valence electrons. The number of anilines is 2. The molecule has 0 spiro atoms. The number of thiophene rings is 1. The maximum absolute atomic E-state index is 12.9. The molecule has 1 amide bonds. The van der Waals surface area contributed by atoms with Crippen LogP contribution in [0.5, 0.6) is 0 Å². The highest BCUT2D eigenvalue weighted by Crippen LogP contribution is 2.41. The molecule has 1 saturated carbocycles. The Labute approximate surface area is 181 Å². The molecule has 2 aromatic rings. The molecule has 2 fully saturated rings. The average molecular weight is 429 g/mol. The van der Waals surface area contributed by atoms with Crippen molar-refractivity contribution in [1.29, 1.82) is 0 Å². The van der Waals surface area contributed by atoms with Gasteiger partial charge in [-0.05, 0) is 60.9 Å². The van der Waals surface area contributed by atoms with E-state index in [2.05, 4.69) is 10.2 Å². The Morgan fingerprint density at radius 2 is 1.87 bits per heavy atom. The minimum absolute atomic E-state index is 0.214. The zero-order chi connectivity index (χ0) is 20.9. The number of carbonyl (C=O) groups excluding carboxylic acids is 2. The summed E-state index contributed by atoms with van der Waals surface area (Å²) in [4.78, 5) is 27.8. The van der Waals surface area contributed by atoms with Crippen LogP contribution in [0.15, 0.2) is 29.6 Å². The van der Waals surface area contributed by atoms with E-state index in [4.69, 9.17) is 9.47 Å². The number of nitrogens with one attached hydrogen (secondary N) is 1. The Kier molecular flexibility index (Phi) is 6.69. The molecular formula is C23H28N2O4S. The molecule has 30 heavy (non-hydrogen) atoms. The molecule has 2 heterocycles. The van der Waals surface area contributed by atoms with Gasteiger partial charge in [0.05, 0.1) is 25.4 Å². The van der Waals surface area contributed by atoms with Crippen LogP contribution < -0.4 is 10.2 Å². The summed E-state index contributed by atoms with van der Waals surface area (Å²) in [5.74, 6) is -0.188. The molecule has 1 aliphatic heterocycles. The Balaban J connectivity index is 1.51. The lowest BCUT2D eigenvalue weighted by molar-refractivity contribution is 0.0526. The summed E-state index contributed by atoms with van der Waals surface area (Å²) < 4.78 is 10.7. The molecule has 1 saturated heterocycles. The normalized spacial score (nSPS) is 17.2. The van der Waals surface area contributed by atoms with Crippen molar-refractivity contribution >= 4 is 33.9 Å². The predicted molar refractivity (Wildman–Crippen MR) is 119 cm³/mol. The van der Waals surface area contributed by atoms with Gasteiger partial charge in [0.1, 0.15) is 5.00 Å². The van der Waals surface area contributed by atoms with E-state index in [-0.39, 0.29) is 11.9 Å². The predicted octanol–water partition coefficient (Wildman–Crippen LogP) is 4.67. The van der Waals surface area contributed by atoms with Gasteiger partial charge in [-0.3, -0.25) is 4.79 Å². The second kappa shape index (κ2) is 9.62. The summed E-state index contributed by atoms with van der Waals surface area (Å²) in [7, 11) is 0. The first-order chi connectivity index (χ1) is 14.7. The van der Waals surface area contributed by atoms with Crippen molar-refractivity contribution in [3.8, 4) is 0 Å². The Morgan fingerprint density at radius 3 is 2.53 bits per heavy atom. The van der Waals surface area contributed by atoms with E-state index < -0.39 is 0 Å². The molecule has 2 aliphatic rings. The van der Waals surface area contributed by atoms with Gasteiger partial charge in [0.25, 0.3) is 5.91 Å². The number of hydrogen-bond acceptors (Lipinski definition) is 6. The van der Waals surface area contributed by atoms with Crippen molar-refractivity contribution in [2.24, 2.45) is 0 Å². The van der Waals surface area contributed by atoms with Crippen molar-refractivity contribution < 1.29 is 19.1 Å². The zero-order valence-corrected chi connectivity index (χ0v) is 18.1. The maximum atomic E-state index is 12.9. The molecule has 4 rings (SSSR count). The SMILES string of the molecule is CCOC(=O)c1c(C2CCCC2)csc1NC(=O)c1ccc(N2CCOCC2)cc1. The molecule has 0 atom stereocenters. The van der Waals surface area contributed by atoms with E-state index in [0.717, 1.165) is 50.4 Å². The van der Waals surface area contributed by atoms with Gasteiger partial charge in [-0.15, -0.1) is 11.3 Å². The first kappa shape index (κ1) is 20.9. The number of hydrogen-bond donors (Lipinski definition) is 1. The fraction of sp³-hybridized carbons (Fsp3) is 0.478. The van der Waals surface area contributed by atoms with Crippen molar-refractivity contribution in [2.45, 2.75) is 38.5 Å². The van der Waals surface area contributed by atoms with Gasteiger partial charge >= 0.3 is 5.97 Å². The van der Waals surface area contributed by atoms with Crippen LogP contribution in [0, 0.1) is 0 Å². The van der Waals surface area contributed by atoms with Crippen LogP contribution in [0.4, 0.5) is 10.7 Å². The molecule has 1 aromatic carbocycles. The van der Waals surface area contributed by atoms with Crippen LogP contribution in [0.3, 0.4) is 0 Å². The van der Waals surface area contributed by atoms with E-state index in [9.17, 15) is 9.59 Å². The van der Waals surface area contributed by atoms with E-state index in [1.165, 1.54) is 24.2 Å². The molecule has 1 aliphatic carbocycles. The smallest absolute Gasteiger partial charge is 0.341 e. The summed E-state index contributed by atoms with van der Waals surface area (Å²) in [5.41, 5.74) is 3.21. The lowest BCUT2D eigenvalue weighted by Crippen LogP contribution is -2.36. The summed E-state index contributed by atoms with van der Waals surface area (Å²) in [5, 5.41) is 5.55. The number of amides is 1. The minimum Gasteiger partial charge on any atom is -0.462 e. The maximum Gasteiger partial charge on any atom is 0.341 e. The van der Waals surface area contributed by atoms with Crippen molar-refractivity contribution in [1.82, 2.24) is 0 Å². The number of morpholine rings is 1. The number of nitrogens with zero attached hydrogens (tertiary/aromatic N) is 1. The van der Waals surface area contributed by atoms with Crippen LogP contribution in [0.2, 0.25) is 0 Å². The highest BCUT2D eigenvalue weighted by atomic mass is 32.1. The van der Waals surface area contributed by atoms with Crippen molar-refractivity contribution in [3.05, 3.63) is 46.3 Å². The third-order valence-corrected chi connectivity index (χ3v) is 6.74. The Bertz CT molecular complexity index is 881. The number of rotatable bonds is 6. The quantitative estimate of drug-likeness (QED) is 0.677. The summed E-state index contributed by atoms with van der Waals surface area (Å²) in [6.45, 7) is 5.27. The van der Waals surface area contributed by atoms with Crippen LogP contribution in [0.25, 0.3) is 0 Å². The van der Waals surface area contributed by atoms with Gasteiger partial charge in [0.2, 0.25) is 0 Å². The molecule has 0 unspecified atom stereocenters. The van der Waals surface area contributed by atoms with Gasteiger partial charge in [0, 0.05) is 24.3 Å². The summed E-state index contributed by atoms with van der Waals surface area (Å²) in [6, 6.07) is 7.58. The van der Waals surface area contributed by atoms with Gasteiger partial charge in [0.15, 0.2) is 0 Å². The van der Waals surface area contributed by atoms with Gasteiger partial charge < -0.3 is 19.7 Å². The lowest BCUT2D eigenvalue weighted by Gasteiger charge is -2.28. The summed E-state index contributed by atoms with van der Waals surface area (Å²) in [6.07, 6.45) is 4.53. The first-order valence-electron chi connectivity index (χ1n) is 10.7. The fourth-order valence-corrected chi connectivity index (χ4v) is 5.26. The lowest BCUT2D eigenvalue weighted by atomic mass is 9.96. The summed E-state index contributed by atoms with van der Waals surface area (Å²) >= 11 is 1.41. The minimum atomic E-state index is -0.349. The van der Waals surface area contributed by atoms with E-state index in [1.54, 1.807) is 6.92 Å². The van der Waals surface area contributed by atoms with E-state index in [1.807, 2.05) is 29.6 Å². The molecule has 0 bridgehead atoms. The molecular weight excluding hydrogens is 400 g/mol. The standard InChI is InChI=1S/C23H28N2O4S/c1-2-29-23(27)20-19(16-5-3-4-6-16)15-30-22(20)24-21(26)17-7-9-18(10-8-17)25-11-13-28-14-12-25/h7-10,15-16H,2-6,11-14H2,1H3,(H,24,26). The molecule has 1 aromatic heterocycles. The van der Waals surface area contributed by atoms with Gasteiger partial charge in [-0.25, -0.2) is 4.79 Å². The third-order valence-electron chi connectivity index (χ3n) is 5.83. The third kappa shape index (κ3) is 4.52. The van der Waals surface area contributed by atoms with Crippen LogP contribution in [0.1, 0.15) is 64.8 Å². The van der Waals surface area contributed by atoms with Crippen LogP contribution in [-0.4, -0.2) is 44.8 Å². The second-order valence-corrected chi connectivity index (χ2v) is 8.58. The highest BCUT2D eigenvalue weighted by molar-refractivity contribution is 7.15. The first-order valence-corrected chi connectivity index (χ1v) is 11.6. The van der Waals surface area contributed by atoms with Crippen LogP contribution >= 0.6 is 11.3 Å². The monoisotopic (exact) mass is 428 g/mol. The van der Waals surface area contributed by atoms with Gasteiger partial charge in [-0.1, -0.05) is 12.8 Å². The second-order valence-electron chi connectivity index (χ2n) is 7.70. The fourth-order valence-electron chi connectivity index (χ4n) is 4.23.